The molecule has 1 amide bonds. The van der Waals surface area contributed by atoms with Crippen LogP contribution < -0.4 is 5.32 Å². The zero-order valence-electron chi connectivity index (χ0n) is 14.5. The number of rotatable bonds is 6. The maximum atomic E-state index is 12.1. The van der Waals surface area contributed by atoms with E-state index in [2.05, 4.69) is 10.4 Å². The van der Waals surface area contributed by atoms with Gasteiger partial charge in [0.25, 0.3) is 10.0 Å². The summed E-state index contributed by atoms with van der Waals surface area (Å²) < 4.78 is 27.3. The van der Waals surface area contributed by atoms with E-state index in [1.807, 2.05) is 20.9 Å². The molecule has 0 saturated carbocycles. The van der Waals surface area contributed by atoms with E-state index < -0.39 is 10.0 Å². The second-order valence-electron chi connectivity index (χ2n) is 5.73. The van der Waals surface area contributed by atoms with Crippen molar-refractivity contribution in [2.24, 2.45) is 7.05 Å². The van der Waals surface area contributed by atoms with Crippen molar-refractivity contribution in [1.29, 1.82) is 0 Å². The van der Waals surface area contributed by atoms with E-state index in [0.717, 1.165) is 21.8 Å². The molecular weight excluding hydrogens is 348 g/mol. The third-order valence-corrected chi connectivity index (χ3v) is 7.20. The predicted molar refractivity (Wildman–Crippen MR) is 93.4 cm³/mol. The quantitative estimate of drug-likeness (QED) is 0.828. The SMILES string of the molecule is Cc1nn(C)c(C)c1CC(=O)NCc1ccc(S(=O)(=O)N(C)C)s1. The van der Waals surface area contributed by atoms with Crippen molar-refractivity contribution in [3.05, 3.63) is 34.0 Å². The zero-order chi connectivity index (χ0) is 18.1. The number of hydrogen-bond donors (Lipinski definition) is 1. The van der Waals surface area contributed by atoms with Gasteiger partial charge in [-0.3, -0.25) is 9.48 Å². The van der Waals surface area contributed by atoms with Crippen LogP contribution >= 0.6 is 11.3 Å². The Balaban J connectivity index is 1.99. The van der Waals surface area contributed by atoms with Gasteiger partial charge in [-0.05, 0) is 26.0 Å². The molecule has 132 valence electrons. The molecule has 0 fully saturated rings. The Kier molecular flexibility index (Phi) is 5.46. The van der Waals surface area contributed by atoms with Crippen molar-refractivity contribution in [2.75, 3.05) is 14.1 Å². The molecule has 0 atom stereocenters. The summed E-state index contributed by atoms with van der Waals surface area (Å²) in [6.07, 6.45) is 0.264. The molecule has 0 unspecified atom stereocenters. The van der Waals surface area contributed by atoms with Gasteiger partial charge in [0.2, 0.25) is 5.91 Å². The van der Waals surface area contributed by atoms with Crippen LogP contribution in [0.5, 0.6) is 0 Å². The van der Waals surface area contributed by atoms with Crippen LogP contribution in [0.25, 0.3) is 0 Å². The van der Waals surface area contributed by atoms with E-state index in [4.69, 9.17) is 0 Å². The zero-order valence-corrected chi connectivity index (χ0v) is 16.1. The lowest BCUT2D eigenvalue weighted by Gasteiger charge is -2.08. The number of aromatic nitrogens is 2. The fourth-order valence-corrected chi connectivity index (χ4v) is 4.72. The summed E-state index contributed by atoms with van der Waals surface area (Å²) in [7, 11) is 1.42. The number of aryl methyl sites for hydroxylation is 2. The average Bonchev–Trinajstić information content (AvgIpc) is 3.06. The normalized spacial score (nSPS) is 11.9. The molecule has 0 radical (unpaired) electrons. The molecule has 0 aliphatic carbocycles. The lowest BCUT2D eigenvalue weighted by Crippen LogP contribution is -2.24. The van der Waals surface area contributed by atoms with Gasteiger partial charge >= 0.3 is 0 Å². The first-order chi connectivity index (χ1) is 11.1. The number of carbonyl (C=O) groups excluding carboxylic acids is 1. The van der Waals surface area contributed by atoms with Gasteiger partial charge in [0.1, 0.15) is 4.21 Å². The van der Waals surface area contributed by atoms with E-state index in [-0.39, 0.29) is 16.5 Å². The molecule has 7 nitrogen and oxygen atoms in total. The highest BCUT2D eigenvalue weighted by molar-refractivity contribution is 7.91. The third kappa shape index (κ3) is 3.85. The van der Waals surface area contributed by atoms with Gasteiger partial charge in [-0.1, -0.05) is 0 Å². The molecule has 0 spiro atoms. The topological polar surface area (TPSA) is 84.3 Å². The van der Waals surface area contributed by atoms with Gasteiger partial charge < -0.3 is 5.32 Å². The van der Waals surface area contributed by atoms with Crippen molar-refractivity contribution in [2.45, 2.75) is 31.0 Å². The first-order valence-corrected chi connectivity index (χ1v) is 9.65. The minimum Gasteiger partial charge on any atom is -0.351 e. The lowest BCUT2D eigenvalue weighted by atomic mass is 10.1. The van der Waals surface area contributed by atoms with Gasteiger partial charge in [-0.25, -0.2) is 12.7 Å². The summed E-state index contributed by atoms with van der Waals surface area (Å²) in [4.78, 5) is 12.9. The molecule has 0 aliphatic rings. The van der Waals surface area contributed by atoms with Crippen molar-refractivity contribution in [3.8, 4) is 0 Å². The number of sulfonamides is 1. The van der Waals surface area contributed by atoms with Crippen LogP contribution in [0.1, 0.15) is 21.8 Å². The van der Waals surface area contributed by atoms with Gasteiger partial charge in [0, 0.05) is 37.3 Å². The van der Waals surface area contributed by atoms with Crippen molar-refractivity contribution in [3.63, 3.8) is 0 Å². The maximum absolute atomic E-state index is 12.1. The van der Waals surface area contributed by atoms with E-state index in [1.54, 1.807) is 16.8 Å². The average molecular weight is 371 g/mol. The van der Waals surface area contributed by atoms with Crippen LogP contribution in [0, 0.1) is 13.8 Å². The Hall–Kier alpha value is -1.71. The largest absolute Gasteiger partial charge is 0.351 e. The molecule has 9 heteroatoms. The van der Waals surface area contributed by atoms with Gasteiger partial charge in [-0.15, -0.1) is 11.3 Å². The van der Waals surface area contributed by atoms with Crippen LogP contribution in [0.4, 0.5) is 0 Å². The molecule has 2 aromatic heterocycles. The first-order valence-electron chi connectivity index (χ1n) is 7.40. The molecule has 0 aliphatic heterocycles. The number of thiophene rings is 1. The molecule has 0 aromatic carbocycles. The molecule has 2 aromatic rings. The lowest BCUT2D eigenvalue weighted by molar-refractivity contribution is -0.120. The van der Waals surface area contributed by atoms with Crippen LogP contribution in [0.3, 0.4) is 0 Å². The van der Waals surface area contributed by atoms with E-state index >= 15 is 0 Å². The second kappa shape index (κ2) is 7.04. The fourth-order valence-electron chi connectivity index (χ4n) is 2.25. The highest BCUT2D eigenvalue weighted by Gasteiger charge is 2.20. The number of carbonyl (C=O) groups is 1. The summed E-state index contributed by atoms with van der Waals surface area (Å²) >= 11 is 1.17. The highest BCUT2D eigenvalue weighted by Crippen LogP contribution is 2.23. The van der Waals surface area contributed by atoms with E-state index in [1.165, 1.54) is 29.7 Å². The van der Waals surface area contributed by atoms with E-state index in [9.17, 15) is 13.2 Å². The molecule has 24 heavy (non-hydrogen) atoms. The first kappa shape index (κ1) is 18.6. The van der Waals surface area contributed by atoms with Crippen molar-refractivity contribution in [1.82, 2.24) is 19.4 Å². The van der Waals surface area contributed by atoms with Crippen molar-refractivity contribution >= 4 is 27.3 Å². The molecule has 1 N–H and O–H groups in total. The number of amides is 1. The standard InChI is InChI=1S/C15H22N4O3S2/c1-10-13(11(2)19(5)17-10)8-14(20)16-9-12-6-7-15(23-12)24(21,22)18(3)4/h6-7H,8-9H2,1-5H3,(H,16,20). The summed E-state index contributed by atoms with van der Waals surface area (Å²) in [5.41, 5.74) is 2.75. The van der Waals surface area contributed by atoms with Gasteiger partial charge in [-0.2, -0.15) is 5.10 Å². The Labute approximate surface area is 146 Å². The van der Waals surface area contributed by atoms with Crippen LogP contribution in [0.15, 0.2) is 16.3 Å². The third-order valence-electron chi connectivity index (χ3n) is 3.83. The summed E-state index contributed by atoms with van der Waals surface area (Å²) in [6.45, 7) is 4.12. The van der Waals surface area contributed by atoms with Gasteiger partial charge in [0.05, 0.1) is 18.7 Å². The Morgan fingerprint density at radius 3 is 2.54 bits per heavy atom. The number of nitrogens with one attached hydrogen (secondary N) is 1. The molecular formula is C15H22N4O3S2. The Morgan fingerprint density at radius 1 is 1.33 bits per heavy atom. The van der Waals surface area contributed by atoms with Crippen LogP contribution in [0.2, 0.25) is 0 Å². The Morgan fingerprint density at radius 2 is 2.00 bits per heavy atom. The maximum Gasteiger partial charge on any atom is 0.252 e. The smallest absolute Gasteiger partial charge is 0.252 e. The summed E-state index contributed by atoms with van der Waals surface area (Å²) in [6, 6.07) is 3.29. The molecule has 2 rings (SSSR count). The second-order valence-corrected chi connectivity index (χ2v) is 9.28. The molecule has 0 bridgehead atoms. The van der Waals surface area contributed by atoms with Crippen molar-refractivity contribution < 1.29 is 13.2 Å². The van der Waals surface area contributed by atoms with E-state index in [0.29, 0.717) is 6.54 Å². The highest BCUT2D eigenvalue weighted by atomic mass is 32.2. The van der Waals surface area contributed by atoms with Crippen LogP contribution in [-0.2, 0) is 34.8 Å². The molecule has 2 heterocycles. The van der Waals surface area contributed by atoms with Crippen LogP contribution in [-0.4, -0.2) is 42.5 Å². The molecule has 0 saturated heterocycles. The Bertz CT molecular complexity index is 850. The van der Waals surface area contributed by atoms with Gasteiger partial charge in [0.15, 0.2) is 0 Å². The minimum absolute atomic E-state index is 0.111. The summed E-state index contributed by atoms with van der Waals surface area (Å²) in [5.74, 6) is -0.111. The predicted octanol–water partition coefficient (Wildman–Crippen LogP) is 1.21. The summed E-state index contributed by atoms with van der Waals surface area (Å²) in [5, 5.41) is 7.13. The monoisotopic (exact) mass is 370 g/mol. The minimum atomic E-state index is -3.42. The number of nitrogens with zero attached hydrogens (tertiary/aromatic N) is 3. The fraction of sp³-hybridized carbons (Fsp3) is 0.467. The number of hydrogen-bond acceptors (Lipinski definition) is 5.